The number of nitrogens with one attached hydrogen (secondary N) is 1. The van der Waals surface area contributed by atoms with Crippen molar-refractivity contribution in [3.8, 4) is 5.75 Å². The maximum Gasteiger partial charge on any atom is 0.254 e. The fourth-order valence-electron chi connectivity index (χ4n) is 4.78. The van der Waals surface area contributed by atoms with Crippen LogP contribution in [0.25, 0.3) is 10.9 Å². The molecule has 3 heterocycles. The molecule has 1 atom stereocenters. The zero-order valence-electron chi connectivity index (χ0n) is 19.7. The van der Waals surface area contributed by atoms with Crippen molar-refractivity contribution >= 4 is 39.3 Å². The number of carbonyl (C=O) groups excluding carboxylic acids is 1. The van der Waals surface area contributed by atoms with Crippen molar-refractivity contribution in [3.63, 3.8) is 0 Å². The molecule has 1 fully saturated rings. The fraction of sp³-hybridized carbons (Fsp3) is 0.320. The number of benzene rings is 2. The number of carbonyl (C=O) groups is 1. The molecular formula is C25H29N5O4S. The number of rotatable bonds is 4. The molecule has 5 N–H and O–H groups in total. The molecule has 1 amide bonds. The molecule has 0 bridgehead atoms. The summed E-state index contributed by atoms with van der Waals surface area (Å²) >= 11 is 0. The summed E-state index contributed by atoms with van der Waals surface area (Å²) in [7, 11) is -3.37. The third-order valence-corrected chi connectivity index (χ3v) is 7.34. The number of nitrogens with two attached hydrogens (primary N) is 1. The Bertz CT molecular complexity index is 1340. The minimum absolute atomic E-state index is 0.0000251. The number of hydrogen-bond acceptors (Lipinski definition) is 8. The quantitative estimate of drug-likeness (QED) is 0.414. The standard InChI is InChI=1S/C25H29N5O4S/c1-15-9-10-20-18(12-15)19(13-16(2)27-20)25(31)30-11-4-3-6-17(30)14-34-22-8-5-7-21-23(22)24(26)29-35(32,33)28-21/h5,7-10,12-13,17,28,32-33H,3-4,6,11,14H2,1-2H3,(H2,26,29). The summed E-state index contributed by atoms with van der Waals surface area (Å²) in [5.74, 6) is 0.455. The van der Waals surface area contributed by atoms with Gasteiger partial charge in [0.05, 0.1) is 28.4 Å². The van der Waals surface area contributed by atoms with Gasteiger partial charge in [-0.25, -0.2) is 0 Å². The first-order valence-corrected chi connectivity index (χ1v) is 13.1. The van der Waals surface area contributed by atoms with Crippen LogP contribution in [-0.4, -0.2) is 49.9 Å². The van der Waals surface area contributed by atoms with Crippen molar-refractivity contribution in [2.75, 3.05) is 17.9 Å². The maximum atomic E-state index is 13.8. The van der Waals surface area contributed by atoms with Gasteiger partial charge in [0.15, 0.2) is 5.84 Å². The molecule has 3 aromatic rings. The molecule has 2 aliphatic rings. The van der Waals surface area contributed by atoms with Crippen LogP contribution < -0.4 is 15.2 Å². The van der Waals surface area contributed by atoms with Gasteiger partial charge >= 0.3 is 0 Å². The van der Waals surface area contributed by atoms with Gasteiger partial charge < -0.3 is 15.4 Å². The molecule has 0 radical (unpaired) electrons. The summed E-state index contributed by atoms with van der Waals surface area (Å²) in [4.78, 5) is 20.3. The van der Waals surface area contributed by atoms with E-state index in [4.69, 9.17) is 10.5 Å². The Morgan fingerprint density at radius 3 is 2.89 bits per heavy atom. The monoisotopic (exact) mass is 495 g/mol. The summed E-state index contributed by atoms with van der Waals surface area (Å²) in [6.45, 7) is 4.85. The van der Waals surface area contributed by atoms with E-state index in [0.29, 0.717) is 29.1 Å². The molecule has 0 aliphatic carbocycles. The van der Waals surface area contributed by atoms with Crippen LogP contribution in [0.2, 0.25) is 0 Å². The Morgan fingerprint density at radius 2 is 2.06 bits per heavy atom. The smallest absolute Gasteiger partial charge is 0.254 e. The van der Waals surface area contributed by atoms with Crippen LogP contribution in [0.1, 0.15) is 46.4 Å². The highest BCUT2D eigenvalue weighted by Crippen LogP contribution is 2.46. The first-order chi connectivity index (χ1) is 16.7. The summed E-state index contributed by atoms with van der Waals surface area (Å²) < 4.78 is 32.3. The van der Waals surface area contributed by atoms with E-state index in [1.54, 1.807) is 18.2 Å². The minimum Gasteiger partial charge on any atom is -0.491 e. The lowest BCUT2D eigenvalue weighted by atomic mass is 9.99. The van der Waals surface area contributed by atoms with E-state index in [-0.39, 0.29) is 24.4 Å². The lowest BCUT2D eigenvalue weighted by Crippen LogP contribution is -2.46. The Labute approximate surface area is 205 Å². The molecule has 10 heteroatoms. The highest BCUT2D eigenvalue weighted by atomic mass is 32.3. The number of nitrogens with zero attached hydrogens (tertiary/aromatic N) is 3. The number of amidine groups is 1. The second-order valence-corrected chi connectivity index (χ2v) is 10.5. The van der Waals surface area contributed by atoms with Gasteiger partial charge in [-0.3, -0.25) is 23.6 Å². The largest absolute Gasteiger partial charge is 0.491 e. The van der Waals surface area contributed by atoms with Crippen molar-refractivity contribution in [2.24, 2.45) is 10.1 Å². The zero-order chi connectivity index (χ0) is 24.7. The number of fused-ring (bicyclic) bond motifs is 2. The third kappa shape index (κ3) is 4.64. The number of piperidine rings is 1. The summed E-state index contributed by atoms with van der Waals surface area (Å²) in [5.41, 5.74) is 10.3. The van der Waals surface area contributed by atoms with E-state index >= 15 is 0 Å². The third-order valence-electron chi connectivity index (χ3n) is 6.40. The minimum atomic E-state index is -3.37. The van der Waals surface area contributed by atoms with E-state index in [1.165, 1.54) is 0 Å². The summed E-state index contributed by atoms with van der Waals surface area (Å²) in [5, 5.41) is 0.858. The second kappa shape index (κ2) is 9.03. The molecule has 5 rings (SSSR count). The zero-order valence-corrected chi connectivity index (χ0v) is 20.5. The number of aryl methyl sites for hydroxylation is 2. The van der Waals surface area contributed by atoms with E-state index < -0.39 is 11.0 Å². The van der Waals surface area contributed by atoms with Crippen LogP contribution in [0.5, 0.6) is 5.75 Å². The molecule has 0 saturated carbocycles. The SMILES string of the molecule is Cc1ccc2nc(C)cc(C(=O)N3CCCCC3COc3cccc4c3C(N)=NS(O)(O)N4)c2c1. The first-order valence-electron chi connectivity index (χ1n) is 11.6. The van der Waals surface area contributed by atoms with Crippen molar-refractivity contribution < 1.29 is 18.6 Å². The van der Waals surface area contributed by atoms with Gasteiger partial charge in [0, 0.05) is 17.6 Å². The van der Waals surface area contributed by atoms with E-state index in [0.717, 1.165) is 41.4 Å². The van der Waals surface area contributed by atoms with Crippen molar-refractivity contribution in [2.45, 2.75) is 39.2 Å². The molecule has 1 saturated heterocycles. The van der Waals surface area contributed by atoms with Gasteiger partial charge in [-0.1, -0.05) is 17.7 Å². The normalized spacial score (nSPS) is 19.9. The molecule has 2 aromatic carbocycles. The molecule has 9 nitrogen and oxygen atoms in total. The number of pyridine rings is 1. The average Bonchev–Trinajstić information content (AvgIpc) is 2.81. The van der Waals surface area contributed by atoms with E-state index in [9.17, 15) is 13.9 Å². The first kappa shape index (κ1) is 23.4. The van der Waals surface area contributed by atoms with Crippen LogP contribution in [-0.2, 0) is 0 Å². The van der Waals surface area contributed by atoms with Crippen molar-refractivity contribution in [1.29, 1.82) is 0 Å². The van der Waals surface area contributed by atoms with Gasteiger partial charge in [-0.05, 0) is 74.4 Å². The number of hydrogen-bond donors (Lipinski definition) is 4. The predicted molar refractivity (Wildman–Crippen MR) is 139 cm³/mol. The highest BCUT2D eigenvalue weighted by Gasteiger charge is 2.31. The van der Waals surface area contributed by atoms with Crippen molar-refractivity contribution in [1.82, 2.24) is 9.88 Å². The highest BCUT2D eigenvalue weighted by molar-refractivity contribution is 8.24. The predicted octanol–water partition coefficient (Wildman–Crippen LogP) is 4.64. The molecule has 1 aromatic heterocycles. The van der Waals surface area contributed by atoms with Gasteiger partial charge in [-0.2, -0.15) is 0 Å². The topological polar surface area (TPSA) is 133 Å². The number of ether oxygens (including phenoxy) is 1. The van der Waals surface area contributed by atoms with Gasteiger partial charge in [0.25, 0.3) is 5.91 Å². The molecule has 184 valence electrons. The summed E-state index contributed by atoms with van der Waals surface area (Å²) in [6, 6.07) is 12.9. The van der Waals surface area contributed by atoms with Gasteiger partial charge in [-0.15, -0.1) is 4.40 Å². The van der Waals surface area contributed by atoms with Crippen molar-refractivity contribution in [3.05, 3.63) is 64.8 Å². The maximum absolute atomic E-state index is 13.8. The molecule has 0 spiro atoms. The van der Waals surface area contributed by atoms with E-state index in [2.05, 4.69) is 14.1 Å². The van der Waals surface area contributed by atoms with Crippen LogP contribution in [0.15, 0.2) is 46.9 Å². The average molecular weight is 496 g/mol. The molecule has 2 aliphatic heterocycles. The number of anilines is 1. The number of amides is 1. The van der Waals surface area contributed by atoms with E-state index in [1.807, 2.05) is 43.0 Å². The lowest BCUT2D eigenvalue weighted by Gasteiger charge is -2.36. The van der Waals surface area contributed by atoms with Crippen LogP contribution in [0.3, 0.4) is 0 Å². The molecule has 1 unspecified atom stereocenters. The Kier molecular flexibility index (Phi) is 6.04. The van der Waals surface area contributed by atoms with Gasteiger partial charge in [0.1, 0.15) is 12.4 Å². The second-order valence-electron chi connectivity index (χ2n) is 9.07. The number of aromatic nitrogens is 1. The molecular weight excluding hydrogens is 466 g/mol. The molecule has 35 heavy (non-hydrogen) atoms. The summed E-state index contributed by atoms with van der Waals surface area (Å²) in [6.07, 6.45) is 2.77. The fourth-order valence-corrected chi connectivity index (χ4v) is 5.66. The number of likely N-dealkylation sites (tertiary alicyclic amines) is 1. The Balaban J connectivity index is 1.41. The Morgan fingerprint density at radius 1 is 1.23 bits per heavy atom. The van der Waals surface area contributed by atoms with Gasteiger partial charge in [0.2, 0.25) is 0 Å². The van der Waals surface area contributed by atoms with Crippen LogP contribution in [0, 0.1) is 13.8 Å². The Hall–Kier alpha value is -3.34. The van der Waals surface area contributed by atoms with Crippen LogP contribution >= 0.6 is 11.0 Å². The van der Waals surface area contributed by atoms with Crippen LogP contribution in [0.4, 0.5) is 5.69 Å². The lowest BCUT2D eigenvalue weighted by molar-refractivity contribution is 0.0530.